The summed E-state index contributed by atoms with van der Waals surface area (Å²) in [7, 11) is 0. The maximum atomic E-state index is 12.4. The molecule has 2 aromatic rings. The summed E-state index contributed by atoms with van der Waals surface area (Å²) in [4.78, 5) is 24.7. The number of hydrogen-bond donors (Lipinski definition) is 2. The van der Waals surface area contributed by atoms with Gasteiger partial charge in [-0.2, -0.15) is 5.10 Å². The van der Waals surface area contributed by atoms with Crippen LogP contribution in [0.15, 0.2) is 47.6 Å². The van der Waals surface area contributed by atoms with E-state index in [4.69, 9.17) is 11.6 Å². The summed E-state index contributed by atoms with van der Waals surface area (Å²) < 4.78 is 0. The Kier molecular flexibility index (Phi) is 5.23. The van der Waals surface area contributed by atoms with Crippen molar-refractivity contribution in [1.82, 2.24) is 5.43 Å². The summed E-state index contributed by atoms with van der Waals surface area (Å²) in [6.07, 6.45) is 0.528. The smallest absolute Gasteiger partial charge is 0.285 e. The van der Waals surface area contributed by atoms with Gasteiger partial charge < -0.3 is 0 Å². The Hall–Kier alpha value is -2.86. The van der Waals surface area contributed by atoms with Crippen molar-refractivity contribution in [3.05, 3.63) is 58.6 Å². The summed E-state index contributed by atoms with van der Waals surface area (Å²) in [5.74, 6) is -0.508. The summed E-state index contributed by atoms with van der Waals surface area (Å²) >= 11 is 5.92. The fourth-order valence-corrected chi connectivity index (χ4v) is 2.81. The maximum absolute atomic E-state index is 12.4. The van der Waals surface area contributed by atoms with Gasteiger partial charge in [0.2, 0.25) is 5.91 Å². The van der Waals surface area contributed by atoms with Gasteiger partial charge in [-0.1, -0.05) is 29.8 Å². The molecule has 2 amide bonds. The first-order chi connectivity index (χ1) is 12.4. The molecule has 0 spiro atoms. The van der Waals surface area contributed by atoms with Crippen LogP contribution >= 0.6 is 11.6 Å². The zero-order valence-corrected chi connectivity index (χ0v) is 15.3. The predicted molar refractivity (Wildman–Crippen MR) is 103 cm³/mol. The normalized spacial score (nSPS) is 14.0. The average Bonchev–Trinajstić information content (AvgIpc) is 2.62. The molecule has 0 atom stereocenters. The summed E-state index contributed by atoms with van der Waals surface area (Å²) in [6.45, 7) is 3.86. The molecule has 2 aromatic carbocycles. The van der Waals surface area contributed by atoms with E-state index in [2.05, 4.69) is 16.0 Å². The van der Waals surface area contributed by atoms with Gasteiger partial charge in [0.25, 0.3) is 5.91 Å². The zero-order chi connectivity index (χ0) is 18.7. The fourth-order valence-electron chi connectivity index (χ4n) is 2.62. The van der Waals surface area contributed by atoms with Crippen molar-refractivity contribution in [2.45, 2.75) is 26.7 Å². The number of anilines is 2. The molecule has 0 aliphatic carbocycles. The molecule has 0 radical (unpaired) electrons. The zero-order valence-electron chi connectivity index (χ0n) is 14.5. The Balaban J connectivity index is 1.77. The summed E-state index contributed by atoms with van der Waals surface area (Å²) in [5.41, 5.74) is 8.98. The van der Waals surface area contributed by atoms with Gasteiger partial charge in [0.1, 0.15) is 5.71 Å². The van der Waals surface area contributed by atoms with E-state index in [1.165, 1.54) is 5.01 Å². The third kappa shape index (κ3) is 4.03. The second kappa shape index (κ2) is 7.58. The molecule has 0 bridgehead atoms. The topological polar surface area (TPSA) is 73.8 Å². The molecule has 134 valence electrons. The Morgan fingerprint density at radius 2 is 1.96 bits per heavy atom. The lowest BCUT2D eigenvalue weighted by molar-refractivity contribution is -0.118. The summed E-state index contributed by atoms with van der Waals surface area (Å²) in [5, 5.41) is 6.17. The van der Waals surface area contributed by atoms with E-state index >= 15 is 0 Å². The van der Waals surface area contributed by atoms with E-state index in [0.29, 0.717) is 28.5 Å². The maximum Gasteiger partial charge on any atom is 0.285 e. The van der Waals surface area contributed by atoms with Crippen LogP contribution < -0.4 is 15.9 Å². The van der Waals surface area contributed by atoms with Crippen LogP contribution in [0.1, 0.15) is 24.0 Å². The second-order valence-corrected chi connectivity index (χ2v) is 6.57. The minimum Gasteiger partial charge on any atom is -0.298 e. The van der Waals surface area contributed by atoms with Gasteiger partial charge in [-0.15, -0.1) is 0 Å². The minimum absolute atomic E-state index is 0.127. The largest absolute Gasteiger partial charge is 0.298 e. The van der Waals surface area contributed by atoms with E-state index in [0.717, 1.165) is 11.1 Å². The number of hydrazine groups is 1. The first-order valence-electron chi connectivity index (χ1n) is 8.23. The monoisotopic (exact) mass is 370 g/mol. The van der Waals surface area contributed by atoms with E-state index in [1.807, 2.05) is 32.0 Å². The van der Waals surface area contributed by atoms with Gasteiger partial charge in [-0.05, 0) is 49.2 Å². The van der Waals surface area contributed by atoms with Gasteiger partial charge in [0, 0.05) is 17.9 Å². The molecule has 6 nitrogen and oxygen atoms in total. The van der Waals surface area contributed by atoms with E-state index < -0.39 is 0 Å². The number of benzene rings is 2. The molecule has 0 fully saturated rings. The second-order valence-electron chi connectivity index (χ2n) is 6.13. The van der Waals surface area contributed by atoms with Crippen LogP contribution in [0.2, 0.25) is 5.02 Å². The van der Waals surface area contributed by atoms with Gasteiger partial charge in [0.15, 0.2) is 0 Å². The van der Waals surface area contributed by atoms with Crippen molar-refractivity contribution in [3.63, 3.8) is 0 Å². The van der Waals surface area contributed by atoms with Crippen LogP contribution in [0.5, 0.6) is 0 Å². The minimum atomic E-state index is -0.382. The molecule has 0 saturated carbocycles. The third-order valence-electron chi connectivity index (χ3n) is 4.03. The van der Waals surface area contributed by atoms with Crippen LogP contribution in [-0.4, -0.2) is 17.5 Å². The van der Waals surface area contributed by atoms with Crippen molar-refractivity contribution in [2.75, 3.05) is 10.4 Å². The van der Waals surface area contributed by atoms with E-state index in [1.54, 1.807) is 24.3 Å². The van der Waals surface area contributed by atoms with Crippen LogP contribution in [0.25, 0.3) is 0 Å². The standard InChI is InChI=1S/C19H19ClN4O2/c1-12-6-7-13(2)17(10-12)24-18(25)9-8-16(23-24)19(26)22-21-15-5-3-4-14(20)11-15/h3-7,10-11,21H,8-9H2,1-2H3,(H,22,26). The molecule has 26 heavy (non-hydrogen) atoms. The lowest BCUT2D eigenvalue weighted by atomic mass is 10.1. The van der Waals surface area contributed by atoms with Crippen molar-refractivity contribution in [1.29, 1.82) is 0 Å². The number of rotatable bonds is 4. The molecule has 1 aliphatic rings. The molecule has 7 heteroatoms. The van der Waals surface area contributed by atoms with Crippen LogP contribution in [-0.2, 0) is 9.59 Å². The lowest BCUT2D eigenvalue weighted by Crippen LogP contribution is -2.41. The number of halogens is 1. The van der Waals surface area contributed by atoms with Gasteiger partial charge in [0.05, 0.1) is 11.4 Å². The first-order valence-corrected chi connectivity index (χ1v) is 8.61. The molecule has 1 heterocycles. The molecule has 3 rings (SSSR count). The van der Waals surface area contributed by atoms with Crippen LogP contribution in [0.3, 0.4) is 0 Å². The molecule has 0 aromatic heterocycles. The van der Waals surface area contributed by atoms with Gasteiger partial charge in [-0.3, -0.25) is 20.4 Å². The molecule has 1 aliphatic heterocycles. The number of hydrazone groups is 1. The van der Waals surface area contributed by atoms with E-state index in [-0.39, 0.29) is 18.2 Å². The number of nitrogens with one attached hydrogen (secondary N) is 2. The highest BCUT2D eigenvalue weighted by molar-refractivity contribution is 6.40. The molecular formula is C19H19ClN4O2. The Labute approximate surface area is 156 Å². The van der Waals surface area contributed by atoms with Crippen molar-refractivity contribution in [3.8, 4) is 0 Å². The quantitative estimate of drug-likeness (QED) is 0.808. The fraction of sp³-hybridized carbons (Fsp3) is 0.211. The van der Waals surface area contributed by atoms with E-state index in [9.17, 15) is 9.59 Å². The Morgan fingerprint density at radius 1 is 1.15 bits per heavy atom. The molecular weight excluding hydrogens is 352 g/mol. The summed E-state index contributed by atoms with van der Waals surface area (Å²) in [6, 6.07) is 12.8. The number of hydrogen-bond acceptors (Lipinski definition) is 4. The Bertz CT molecular complexity index is 895. The van der Waals surface area contributed by atoms with Crippen LogP contribution in [0.4, 0.5) is 11.4 Å². The Morgan fingerprint density at radius 3 is 2.73 bits per heavy atom. The van der Waals surface area contributed by atoms with Gasteiger partial charge in [-0.25, -0.2) is 5.01 Å². The molecule has 0 saturated heterocycles. The van der Waals surface area contributed by atoms with Crippen molar-refractivity contribution >= 4 is 40.5 Å². The first kappa shape index (κ1) is 17.9. The predicted octanol–water partition coefficient (Wildman–Crippen LogP) is 3.58. The average molecular weight is 371 g/mol. The highest BCUT2D eigenvalue weighted by atomic mass is 35.5. The molecule has 0 unspecified atom stereocenters. The number of nitrogens with zero attached hydrogens (tertiary/aromatic N) is 2. The lowest BCUT2D eigenvalue weighted by Gasteiger charge is -2.25. The van der Waals surface area contributed by atoms with Crippen molar-refractivity contribution in [2.24, 2.45) is 5.10 Å². The van der Waals surface area contributed by atoms with Gasteiger partial charge >= 0.3 is 0 Å². The number of amides is 2. The van der Waals surface area contributed by atoms with Crippen LogP contribution in [0, 0.1) is 13.8 Å². The molecule has 2 N–H and O–H groups in total. The number of carbonyl (C=O) groups excluding carboxylic acids is 2. The highest BCUT2D eigenvalue weighted by Crippen LogP contribution is 2.25. The number of aryl methyl sites for hydroxylation is 2. The van der Waals surface area contributed by atoms with Crippen molar-refractivity contribution < 1.29 is 9.59 Å². The highest BCUT2D eigenvalue weighted by Gasteiger charge is 2.26. The SMILES string of the molecule is Cc1ccc(C)c(N2N=C(C(=O)NNc3cccc(Cl)c3)CCC2=O)c1. The third-order valence-corrected chi connectivity index (χ3v) is 4.27. The number of carbonyl (C=O) groups is 2.